The first kappa shape index (κ1) is 14.3. The third kappa shape index (κ3) is 3.26. The van der Waals surface area contributed by atoms with E-state index in [1.807, 2.05) is 0 Å². The molecule has 5 heteroatoms. The lowest BCUT2D eigenvalue weighted by molar-refractivity contribution is -0.140. The Bertz CT molecular complexity index is 434. The molecule has 0 bridgehead atoms. The highest BCUT2D eigenvalue weighted by Gasteiger charge is 2.34. The molecule has 1 nitrogen and oxygen atoms in total. The summed E-state index contributed by atoms with van der Waals surface area (Å²) < 4.78 is 56.1. The van der Waals surface area contributed by atoms with Gasteiger partial charge in [0.1, 0.15) is 5.82 Å². The standard InChI is InChI=1S/C14H16F4O/c1-19-11-5-2-9(3-6-11)10-4-7-12(13(15)8-10)14(16,17)18/h4,7-9,11H,2-3,5-6H2,1H3. The Morgan fingerprint density at radius 2 is 1.74 bits per heavy atom. The van der Waals surface area contributed by atoms with Gasteiger partial charge >= 0.3 is 6.18 Å². The summed E-state index contributed by atoms with van der Waals surface area (Å²) in [6, 6.07) is 3.26. The monoisotopic (exact) mass is 276 g/mol. The van der Waals surface area contributed by atoms with Crippen molar-refractivity contribution in [3.8, 4) is 0 Å². The van der Waals surface area contributed by atoms with Gasteiger partial charge in [-0.3, -0.25) is 0 Å². The molecule has 0 aromatic heterocycles. The smallest absolute Gasteiger partial charge is 0.381 e. The summed E-state index contributed by atoms with van der Waals surface area (Å²) in [5, 5.41) is 0. The van der Waals surface area contributed by atoms with Crippen LogP contribution in [0.4, 0.5) is 17.6 Å². The first-order valence-electron chi connectivity index (χ1n) is 6.31. The Labute approximate surface area is 109 Å². The summed E-state index contributed by atoms with van der Waals surface area (Å²) in [5.41, 5.74) is -0.540. The van der Waals surface area contributed by atoms with E-state index in [2.05, 4.69) is 0 Å². The van der Waals surface area contributed by atoms with Gasteiger partial charge < -0.3 is 4.74 Å². The number of ether oxygens (including phenoxy) is 1. The van der Waals surface area contributed by atoms with Gasteiger partial charge in [-0.25, -0.2) is 4.39 Å². The lowest BCUT2D eigenvalue weighted by Crippen LogP contribution is -2.19. The minimum atomic E-state index is -4.63. The highest BCUT2D eigenvalue weighted by molar-refractivity contribution is 5.29. The molecule has 1 aromatic rings. The average Bonchev–Trinajstić information content (AvgIpc) is 2.37. The molecular formula is C14H16F4O. The molecule has 1 fully saturated rings. The van der Waals surface area contributed by atoms with Crippen molar-refractivity contribution in [2.24, 2.45) is 0 Å². The number of rotatable bonds is 2. The second-order valence-corrected chi connectivity index (χ2v) is 4.95. The molecule has 1 aliphatic carbocycles. The fourth-order valence-corrected chi connectivity index (χ4v) is 2.65. The second kappa shape index (κ2) is 5.49. The van der Waals surface area contributed by atoms with Gasteiger partial charge in [0.25, 0.3) is 0 Å². The number of hydrogen-bond donors (Lipinski definition) is 0. The van der Waals surface area contributed by atoms with Crippen LogP contribution in [0.15, 0.2) is 18.2 Å². The topological polar surface area (TPSA) is 9.23 Å². The molecule has 0 heterocycles. The third-order valence-electron chi connectivity index (χ3n) is 3.78. The highest BCUT2D eigenvalue weighted by Crippen LogP contribution is 2.37. The van der Waals surface area contributed by atoms with Crippen molar-refractivity contribution < 1.29 is 22.3 Å². The van der Waals surface area contributed by atoms with E-state index in [-0.39, 0.29) is 12.0 Å². The van der Waals surface area contributed by atoms with Crippen LogP contribution in [0.1, 0.15) is 42.7 Å². The molecule has 0 unspecified atom stereocenters. The van der Waals surface area contributed by atoms with Crippen LogP contribution in [0.2, 0.25) is 0 Å². The minimum absolute atomic E-state index is 0.128. The zero-order chi connectivity index (χ0) is 14.0. The number of hydrogen-bond acceptors (Lipinski definition) is 1. The predicted octanol–water partition coefficient (Wildman–Crippen LogP) is 4.52. The van der Waals surface area contributed by atoms with Crippen molar-refractivity contribution in [2.75, 3.05) is 7.11 Å². The summed E-state index contributed by atoms with van der Waals surface area (Å²) in [7, 11) is 1.66. The van der Waals surface area contributed by atoms with E-state index in [0.29, 0.717) is 5.56 Å². The molecule has 0 aliphatic heterocycles. The van der Waals surface area contributed by atoms with E-state index in [1.54, 1.807) is 7.11 Å². The summed E-state index contributed by atoms with van der Waals surface area (Å²) in [4.78, 5) is 0. The largest absolute Gasteiger partial charge is 0.419 e. The Balaban J connectivity index is 2.13. The Morgan fingerprint density at radius 3 is 2.21 bits per heavy atom. The molecule has 19 heavy (non-hydrogen) atoms. The lowest BCUT2D eigenvalue weighted by Gasteiger charge is -2.28. The van der Waals surface area contributed by atoms with Gasteiger partial charge in [-0.05, 0) is 49.3 Å². The van der Waals surface area contributed by atoms with Crippen LogP contribution in [-0.4, -0.2) is 13.2 Å². The van der Waals surface area contributed by atoms with E-state index < -0.39 is 17.6 Å². The van der Waals surface area contributed by atoms with E-state index >= 15 is 0 Å². The van der Waals surface area contributed by atoms with Crippen LogP contribution < -0.4 is 0 Å². The molecule has 1 saturated carbocycles. The second-order valence-electron chi connectivity index (χ2n) is 4.95. The maximum Gasteiger partial charge on any atom is 0.419 e. The molecule has 0 saturated heterocycles. The molecule has 0 N–H and O–H groups in total. The van der Waals surface area contributed by atoms with E-state index in [9.17, 15) is 17.6 Å². The first-order chi connectivity index (χ1) is 8.91. The van der Waals surface area contributed by atoms with Crippen molar-refractivity contribution in [1.29, 1.82) is 0 Å². The molecule has 1 aliphatic rings. The fourth-order valence-electron chi connectivity index (χ4n) is 2.65. The van der Waals surface area contributed by atoms with Crippen LogP contribution in [-0.2, 0) is 10.9 Å². The van der Waals surface area contributed by atoms with Gasteiger partial charge in [0.2, 0.25) is 0 Å². The SMILES string of the molecule is COC1CCC(c2ccc(C(F)(F)F)c(F)c2)CC1. The first-order valence-corrected chi connectivity index (χ1v) is 6.31. The van der Waals surface area contributed by atoms with Crippen molar-refractivity contribution in [3.63, 3.8) is 0 Å². The zero-order valence-electron chi connectivity index (χ0n) is 10.6. The van der Waals surface area contributed by atoms with Crippen molar-refractivity contribution in [1.82, 2.24) is 0 Å². The van der Waals surface area contributed by atoms with E-state index in [4.69, 9.17) is 4.74 Å². The Hall–Kier alpha value is -1.10. The van der Waals surface area contributed by atoms with Crippen LogP contribution in [0.25, 0.3) is 0 Å². The molecule has 0 atom stereocenters. The van der Waals surface area contributed by atoms with Crippen LogP contribution in [0.3, 0.4) is 0 Å². The molecule has 106 valence electrons. The van der Waals surface area contributed by atoms with Gasteiger partial charge in [0.15, 0.2) is 0 Å². The molecule has 0 spiro atoms. The molecule has 0 amide bonds. The van der Waals surface area contributed by atoms with Crippen molar-refractivity contribution in [2.45, 2.75) is 43.9 Å². The summed E-state index contributed by atoms with van der Waals surface area (Å²) >= 11 is 0. The Morgan fingerprint density at radius 1 is 1.11 bits per heavy atom. The highest BCUT2D eigenvalue weighted by atomic mass is 19.4. The summed E-state index contributed by atoms with van der Waals surface area (Å²) in [6.45, 7) is 0. The molecule has 2 rings (SSSR count). The average molecular weight is 276 g/mol. The lowest BCUT2D eigenvalue weighted by atomic mass is 9.82. The summed E-state index contributed by atoms with van der Waals surface area (Å²) in [6.07, 6.45) is -1.04. The van der Waals surface area contributed by atoms with Gasteiger partial charge in [-0.15, -0.1) is 0 Å². The van der Waals surface area contributed by atoms with Gasteiger partial charge in [-0.2, -0.15) is 13.2 Å². The number of alkyl halides is 3. The Kier molecular flexibility index (Phi) is 4.13. The number of benzene rings is 1. The third-order valence-corrected chi connectivity index (χ3v) is 3.78. The molecule has 1 aromatic carbocycles. The van der Waals surface area contributed by atoms with Gasteiger partial charge in [0.05, 0.1) is 11.7 Å². The predicted molar refractivity (Wildman–Crippen MR) is 63.4 cm³/mol. The van der Waals surface area contributed by atoms with Gasteiger partial charge in [-0.1, -0.05) is 6.07 Å². The van der Waals surface area contributed by atoms with Gasteiger partial charge in [0, 0.05) is 7.11 Å². The number of methoxy groups -OCH3 is 1. The fraction of sp³-hybridized carbons (Fsp3) is 0.571. The molecular weight excluding hydrogens is 260 g/mol. The zero-order valence-corrected chi connectivity index (χ0v) is 10.6. The normalized spacial score (nSPS) is 24.5. The maximum absolute atomic E-state index is 13.5. The van der Waals surface area contributed by atoms with E-state index in [1.165, 1.54) is 6.07 Å². The quantitative estimate of drug-likeness (QED) is 0.722. The van der Waals surface area contributed by atoms with Crippen LogP contribution in [0.5, 0.6) is 0 Å². The van der Waals surface area contributed by atoms with E-state index in [0.717, 1.165) is 37.8 Å². The van der Waals surface area contributed by atoms with Crippen molar-refractivity contribution in [3.05, 3.63) is 35.1 Å². The number of halogens is 4. The summed E-state index contributed by atoms with van der Waals surface area (Å²) in [5.74, 6) is -1.05. The minimum Gasteiger partial charge on any atom is -0.381 e. The maximum atomic E-state index is 13.5. The van der Waals surface area contributed by atoms with Crippen LogP contribution in [0, 0.1) is 5.82 Å². The molecule has 0 radical (unpaired) electrons. The van der Waals surface area contributed by atoms with Crippen LogP contribution >= 0.6 is 0 Å². The van der Waals surface area contributed by atoms with Crippen molar-refractivity contribution >= 4 is 0 Å².